The summed E-state index contributed by atoms with van der Waals surface area (Å²) in [7, 11) is 3.28. The highest BCUT2D eigenvalue weighted by atomic mass is 16.5. The standard InChI is InChI=1S/C12H15N3O2/c1-7-5-9(6-13-11(7)17-4)10-8(2)14-15(3)12(10)16/h5-6,14H,1-4H3. The lowest BCUT2D eigenvalue weighted by Crippen LogP contribution is -2.13. The minimum atomic E-state index is -0.0473. The zero-order chi connectivity index (χ0) is 12.6. The van der Waals surface area contributed by atoms with Gasteiger partial charge in [0.2, 0.25) is 5.88 Å². The number of nitrogens with one attached hydrogen (secondary N) is 1. The predicted molar refractivity (Wildman–Crippen MR) is 65.3 cm³/mol. The van der Waals surface area contributed by atoms with Gasteiger partial charge in [0.15, 0.2) is 0 Å². The Labute approximate surface area is 99.1 Å². The monoisotopic (exact) mass is 233 g/mol. The van der Waals surface area contributed by atoms with Gasteiger partial charge in [-0.05, 0) is 19.9 Å². The van der Waals surface area contributed by atoms with Crippen molar-refractivity contribution in [3.05, 3.63) is 33.9 Å². The average Bonchev–Trinajstić information content (AvgIpc) is 2.53. The van der Waals surface area contributed by atoms with E-state index in [1.165, 1.54) is 4.68 Å². The first kappa shape index (κ1) is 11.4. The van der Waals surface area contributed by atoms with E-state index in [-0.39, 0.29) is 5.56 Å². The molecule has 1 N–H and O–H groups in total. The van der Waals surface area contributed by atoms with Crippen molar-refractivity contribution in [2.45, 2.75) is 13.8 Å². The van der Waals surface area contributed by atoms with E-state index in [0.29, 0.717) is 11.4 Å². The Hall–Kier alpha value is -2.04. The first-order valence-electron chi connectivity index (χ1n) is 5.31. The van der Waals surface area contributed by atoms with Gasteiger partial charge in [-0.25, -0.2) is 4.98 Å². The Kier molecular flexibility index (Phi) is 2.75. The first-order chi connectivity index (χ1) is 8.04. The van der Waals surface area contributed by atoms with Gasteiger partial charge in [-0.1, -0.05) is 0 Å². The average molecular weight is 233 g/mol. The minimum absolute atomic E-state index is 0.0473. The van der Waals surface area contributed by atoms with Crippen LogP contribution in [0, 0.1) is 13.8 Å². The molecule has 90 valence electrons. The molecule has 2 aromatic heterocycles. The van der Waals surface area contributed by atoms with Gasteiger partial charge in [-0.2, -0.15) is 0 Å². The van der Waals surface area contributed by atoms with Crippen LogP contribution in [0.4, 0.5) is 0 Å². The van der Waals surface area contributed by atoms with Crippen molar-refractivity contribution in [1.82, 2.24) is 14.8 Å². The van der Waals surface area contributed by atoms with Crippen LogP contribution in [0.3, 0.4) is 0 Å². The lowest BCUT2D eigenvalue weighted by atomic mass is 10.1. The van der Waals surface area contributed by atoms with Crippen LogP contribution < -0.4 is 10.3 Å². The molecule has 5 nitrogen and oxygen atoms in total. The maximum atomic E-state index is 11.9. The summed E-state index contributed by atoms with van der Waals surface area (Å²) in [5, 5.41) is 2.97. The van der Waals surface area contributed by atoms with Crippen molar-refractivity contribution in [3.63, 3.8) is 0 Å². The SMILES string of the molecule is COc1ncc(-c2c(C)[nH]n(C)c2=O)cc1C. The number of hydrogen-bond acceptors (Lipinski definition) is 3. The zero-order valence-corrected chi connectivity index (χ0v) is 10.4. The van der Waals surface area contributed by atoms with Gasteiger partial charge < -0.3 is 4.74 Å². The highest BCUT2D eigenvalue weighted by molar-refractivity contribution is 5.65. The zero-order valence-electron chi connectivity index (χ0n) is 10.4. The molecule has 2 rings (SSSR count). The highest BCUT2D eigenvalue weighted by Crippen LogP contribution is 2.22. The third kappa shape index (κ3) is 1.84. The summed E-state index contributed by atoms with van der Waals surface area (Å²) in [6.45, 7) is 3.78. The predicted octanol–water partition coefficient (Wildman–Crippen LogP) is 1.40. The number of aromatic nitrogens is 3. The van der Waals surface area contributed by atoms with Crippen molar-refractivity contribution in [1.29, 1.82) is 0 Å². The normalized spacial score (nSPS) is 10.6. The summed E-state index contributed by atoms with van der Waals surface area (Å²) in [4.78, 5) is 16.1. The molecular weight excluding hydrogens is 218 g/mol. The van der Waals surface area contributed by atoms with E-state index >= 15 is 0 Å². The molecule has 0 spiro atoms. The largest absolute Gasteiger partial charge is 0.481 e. The topological polar surface area (TPSA) is 59.9 Å². The van der Waals surface area contributed by atoms with Crippen LogP contribution in [0.1, 0.15) is 11.3 Å². The molecule has 0 radical (unpaired) electrons. The number of rotatable bonds is 2. The fourth-order valence-corrected chi connectivity index (χ4v) is 1.94. The van der Waals surface area contributed by atoms with Gasteiger partial charge >= 0.3 is 0 Å². The lowest BCUT2D eigenvalue weighted by molar-refractivity contribution is 0.394. The van der Waals surface area contributed by atoms with E-state index in [9.17, 15) is 4.79 Å². The third-order valence-corrected chi connectivity index (χ3v) is 2.74. The molecule has 17 heavy (non-hydrogen) atoms. The number of aryl methyl sites for hydroxylation is 3. The summed E-state index contributed by atoms with van der Waals surface area (Å²) in [6, 6.07) is 1.91. The Morgan fingerprint density at radius 2 is 2.12 bits per heavy atom. The van der Waals surface area contributed by atoms with Gasteiger partial charge in [-0.3, -0.25) is 14.6 Å². The van der Waals surface area contributed by atoms with Crippen LogP contribution >= 0.6 is 0 Å². The van der Waals surface area contributed by atoms with E-state index in [4.69, 9.17) is 4.74 Å². The summed E-state index contributed by atoms with van der Waals surface area (Å²) < 4.78 is 6.56. The van der Waals surface area contributed by atoms with E-state index < -0.39 is 0 Å². The number of hydrogen-bond donors (Lipinski definition) is 1. The number of nitrogens with zero attached hydrogens (tertiary/aromatic N) is 2. The van der Waals surface area contributed by atoms with Crippen LogP contribution in [-0.4, -0.2) is 21.9 Å². The molecule has 0 aliphatic rings. The molecule has 2 heterocycles. The smallest absolute Gasteiger partial charge is 0.274 e. The van der Waals surface area contributed by atoms with E-state index in [1.54, 1.807) is 20.4 Å². The van der Waals surface area contributed by atoms with Gasteiger partial charge in [0.1, 0.15) is 0 Å². The van der Waals surface area contributed by atoms with Crippen LogP contribution in [0.2, 0.25) is 0 Å². The van der Waals surface area contributed by atoms with Gasteiger partial charge in [0, 0.05) is 30.1 Å². The lowest BCUT2D eigenvalue weighted by Gasteiger charge is -2.04. The minimum Gasteiger partial charge on any atom is -0.481 e. The molecule has 0 saturated carbocycles. The van der Waals surface area contributed by atoms with Crippen molar-refractivity contribution in [2.75, 3.05) is 7.11 Å². The Bertz CT molecular complexity index is 611. The van der Waals surface area contributed by atoms with Crippen LogP contribution in [0.15, 0.2) is 17.1 Å². The number of pyridine rings is 1. The molecule has 0 fully saturated rings. The van der Waals surface area contributed by atoms with E-state index in [0.717, 1.165) is 16.8 Å². The quantitative estimate of drug-likeness (QED) is 0.853. The van der Waals surface area contributed by atoms with Crippen LogP contribution in [-0.2, 0) is 7.05 Å². The second-order valence-electron chi connectivity index (χ2n) is 4.03. The van der Waals surface area contributed by atoms with Gasteiger partial charge in [0.05, 0.1) is 12.7 Å². The highest BCUT2D eigenvalue weighted by Gasteiger charge is 2.13. The molecule has 0 aliphatic carbocycles. The van der Waals surface area contributed by atoms with Crippen LogP contribution in [0.25, 0.3) is 11.1 Å². The Morgan fingerprint density at radius 3 is 2.59 bits per heavy atom. The molecule has 2 aromatic rings. The Balaban J connectivity index is 2.61. The van der Waals surface area contributed by atoms with Crippen molar-refractivity contribution >= 4 is 0 Å². The number of H-pyrrole nitrogens is 1. The number of aromatic amines is 1. The summed E-state index contributed by atoms with van der Waals surface area (Å²) in [5.41, 5.74) is 3.17. The first-order valence-corrected chi connectivity index (χ1v) is 5.31. The summed E-state index contributed by atoms with van der Waals surface area (Å²) in [6.07, 6.45) is 1.66. The molecule has 0 aromatic carbocycles. The van der Waals surface area contributed by atoms with Crippen LogP contribution in [0.5, 0.6) is 5.88 Å². The Morgan fingerprint density at radius 1 is 1.41 bits per heavy atom. The number of methoxy groups -OCH3 is 1. The molecule has 0 amide bonds. The van der Waals surface area contributed by atoms with Crippen molar-refractivity contribution in [2.24, 2.45) is 7.05 Å². The summed E-state index contributed by atoms with van der Waals surface area (Å²) >= 11 is 0. The van der Waals surface area contributed by atoms with Gasteiger partial charge in [0.25, 0.3) is 5.56 Å². The summed E-state index contributed by atoms with van der Waals surface area (Å²) in [5.74, 6) is 0.582. The molecule has 0 bridgehead atoms. The second kappa shape index (κ2) is 4.08. The van der Waals surface area contributed by atoms with E-state index in [1.807, 2.05) is 19.9 Å². The molecular formula is C12H15N3O2. The fourth-order valence-electron chi connectivity index (χ4n) is 1.94. The molecule has 5 heteroatoms. The van der Waals surface area contributed by atoms with Gasteiger partial charge in [-0.15, -0.1) is 0 Å². The molecule has 0 atom stereocenters. The second-order valence-corrected chi connectivity index (χ2v) is 4.03. The van der Waals surface area contributed by atoms with Crippen molar-refractivity contribution in [3.8, 4) is 17.0 Å². The number of ether oxygens (including phenoxy) is 1. The molecule has 0 aliphatic heterocycles. The van der Waals surface area contributed by atoms with Crippen molar-refractivity contribution < 1.29 is 4.74 Å². The fraction of sp³-hybridized carbons (Fsp3) is 0.333. The van der Waals surface area contributed by atoms with E-state index in [2.05, 4.69) is 10.1 Å². The maximum Gasteiger partial charge on any atom is 0.274 e. The maximum absolute atomic E-state index is 11.9. The molecule has 0 saturated heterocycles. The molecule has 0 unspecified atom stereocenters. The third-order valence-electron chi connectivity index (χ3n) is 2.74.